The van der Waals surface area contributed by atoms with Crippen molar-refractivity contribution in [3.8, 4) is 0 Å². The minimum atomic E-state index is -0.181. The molecule has 0 unspecified atom stereocenters. The van der Waals surface area contributed by atoms with E-state index < -0.39 is 0 Å². The van der Waals surface area contributed by atoms with Crippen LogP contribution in [-0.2, 0) is 12.1 Å². The van der Waals surface area contributed by atoms with Crippen molar-refractivity contribution in [3.05, 3.63) is 35.4 Å². The number of hydrogen-bond acceptors (Lipinski definition) is 2. The van der Waals surface area contributed by atoms with Gasteiger partial charge in [0.2, 0.25) is 0 Å². The molecule has 2 nitrogen and oxygen atoms in total. The molecule has 0 spiro atoms. The molecular weight excluding hydrogens is 174 g/mol. The molecule has 0 saturated heterocycles. The average Bonchev–Trinajstić information content (AvgIpc) is 2.66. The summed E-state index contributed by atoms with van der Waals surface area (Å²) in [6.07, 6.45) is 4.50. The molecule has 1 aromatic carbocycles. The van der Waals surface area contributed by atoms with Crippen LogP contribution in [0.4, 0.5) is 0 Å². The lowest BCUT2D eigenvalue weighted by Gasteiger charge is -2.26. The van der Waals surface area contributed by atoms with E-state index in [2.05, 4.69) is 6.07 Å². The molecule has 0 amide bonds. The largest absolute Gasteiger partial charge is 0.392 e. The van der Waals surface area contributed by atoms with Gasteiger partial charge >= 0.3 is 0 Å². The van der Waals surface area contributed by atoms with E-state index in [9.17, 15) is 5.11 Å². The maximum atomic E-state index is 9.24. The predicted molar refractivity (Wildman–Crippen MR) is 56.7 cm³/mol. The summed E-state index contributed by atoms with van der Waals surface area (Å²) in [7, 11) is 0. The standard InChI is InChI=1S/C12H17NO/c13-12(7-3-4-8-12)11-6-2-1-5-10(11)9-14/h1-2,5-6,14H,3-4,7-9,13H2. The minimum absolute atomic E-state index is 0.0924. The number of nitrogens with two attached hydrogens (primary N) is 1. The van der Waals surface area contributed by atoms with E-state index in [-0.39, 0.29) is 12.1 Å². The summed E-state index contributed by atoms with van der Waals surface area (Å²) in [4.78, 5) is 0. The van der Waals surface area contributed by atoms with Crippen LogP contribution in [-0.4, -0.2) is 5.11 Å². The van der Waals surface area contributed by atoms with Gasteiger partial charge in [0.25, 0.3) is 0 Å². The molecule has 0 heterocycles. The number of rotatable bonds is 2. The summed E-state index contributed by atoms with van der Waals surface area (Å²) in [5, 5.41) is 9.24. The highest BCUT2D eigenvalue weighted by molar-refractivity contribution is 5.33. The lowest BCUT2D eigenvalue weighted by atomic mass is 9.86. The van der Waals surface area contributed by atoms with Crippen LogP contribution < -0.4 is 5.73 Å². The highest BCUT2D eigenvalue weighted by atomic mass is 16.3. The molecule has 1 aliphatic rings. The van der Waals surface area contributed by atoms with Gasteiger partial charge in [0.1, 0.15) is 0 Å². The second-order valence-electron chi connectivity index (χ2n) is 4.18. The van der Waals surface area contributed by atoms with E-state index in [4.69, 9.17) is 5.73 Å². The Hall–Kier alpha value is -0.860. The lowest BCUT2D eigenvalue weighted by molar-refractivity contribution is 0.276. The van der Waals surface area contributed by atoms with E-state index in [0.29, 0.717) is 0 Å². The van der Waals surface area contributed by atoms with Crippen LogP contribution in [0.25, 0.3) is 0 Å². The molecule has 0 bridgehead atoms. The Morgan fingerprint density at radius 1 is 1.21 bits per heavy atom. The molecule has 1 fully saturated rings. The second-order valence-corrected chi connectivity index (χ2v) is 4.18. The third-order valence-corrected chi connectivity index (χ3v) is 3.22. The van der Waals surface area contributed by atoms with E-state index in [0.717, 1.165) is 24.0 Å². The Balaban J connectivity index is 2.39. The van der Waals surface area contributed by atoms with Gasteiger partial charge in [0.15, 0.2) is 0 Å². The van der Waals surface area contributed by atoms with Crippen molar-refractivity contribution in [1.29, 1.82) is 0 Å². The highest BCUT2D eigenvalue weighted by Crippen LogP contribution is 2.37. The quantitative estimate of drug-likeness (QED) is 0.750. The normalized spacial score (nSPS) is 19.9. The third-order valence-electron chi connectivity index (χ3n) is 3.22. The first-order chi connectivity index (χ1) is 6.76. The van der Waals surface area contributed by atoms with E-state index in [1.165, 1.54) is 12.8 Å². The number of aliphatic hydroxyl groups is 1. The molecule has 1 aliphatic carbocycles. The van der Waals surface area contributed by atoms with Crippen LogP contribution in [0, 0.1) is 0 Å². The molecule has 1 saturated carbocycles. The van der Waals surface area contributed by atoms with Crippen molar-refractivity contribution in [2.45, 2.75) is 37.8 Å². The van der Waals surface area contributed by atoms with Gasteiger partial charge in [-0.1, -0.05) is 37.1 Å². The van der Waals surface area contributed by atoms with Crippen molar-refractivity contribution in [3.63, 3.8) is 0 Å². The Morgan fingerprint density at radius 2 is 1.86 bits per heavy atom. The summed E-state index contributed by atoms with van der Waals surface area (Å²) in [6.45, 7) is 0.0924. The van der Waals surface area contributed by atoms with E-state index in [1.54, 1.807) is 0 Å². The number of hydrogen-bond donors (Lipinski definition) is 2. The third kappa shape index (κ3) is 1.56. The summed E-state index contributed by atoms with van der Waals surface area (Å²) in [5.41, 5.74) is 8.29. The molecule has 0 aliphatic heterocycles. The van der Waals surface area contributed by atoms with Crippen molar-refractivity contribution in [2.75, 3.05) is 0 Å². The monoisotopic (exact) mass is 191 g/mol. The average molecular weight is 191 g/mol. The fourth-order valence-corrected chi connectivity index (χ4v) is 2.42. The molecule has 0 aromatic heterocycles. The van der Waals surface area contributed by atoms with E-state index in [1.807, 2.05) is 18.2 Å². The zero-order valence-corrected chi connectivity index (χ0v) is 8.37. The summed E-state index contributed by atoms with van der Waals surface area (Å²) in [5.74, 6) is 0. The van der Waals surface area contributed by atoms with Gasteiger partial charge in [-0.15, -0.1) is 0 Å². The lowest BCUT2D eigenvalue weighted by Crippen LogP contribution is -2.34. The molecule has 2 heteroatoms. The minimum Gasteiger partial charge on any atom is -0.392 e. The zero-order chi connectivity index (χ0) is 10.0. The molecule has 0 atom stereocenters. The fourth-order valence-electron chi connectivity index (χ4n) is 2.42. The number of aliphatic hydroxyl groups excluding tert-OH is 1. The molecule has 14 heavy (non-hydrogen) atoms. The van der Waals surface area contributed by atoms with Crippen LogP contribution in [0.1, 0.15) is 36.8 Å². The molecule has 1 aromatic rings. The number of benzene rings is 1. The van der Waals surface area contributed by atoms with Gasteiger partial charge < -0.3 is 10.8 Å². The first kappa shape index (κ1) is 9.69. The van der Waals surface area contributed by atoms with Crippen LogP contribution >= 0.6 is 0 Å². The smallest absolute Gasteiger partial charge is 0.0685 e. The summed E-state index contributed by atoms with van der Waals surface area (Å²) in [6, 6.07) is 7.97. The molecule has 0 radical (unpaired) electrons. The molecule has 76 valence electrons. The van der Waals surface area contributed by atoms with Crippen LogP contribution in [0.5, 0.6) is 0 Å². The van der Waals surface area contributed by atoms with Gasteiger partial charge in [0.05, 0.1) is 6.61 Å². The zero-order valence-electron chi connectivity index (χ0n) is 8.37. The maximum Gasteiger partial charge on any atom is 0.0685 e. The second kappa shape index (κ2) is 3.71. The van der Waals surface area contributed by atoms with Gasteiger partial charge in [0, 0.05) is 5.54 Å². The Kier molecular flexibility index (Phi) is 2.57. The molecule has 3 N–H and O–H groups in total. The maximum absolute atomic E-state index is 9.24. The SMILES string of the molecule is NC1(c2ccccc2CO)CCCC1. The topological polar surface area (TPSA) is 46.2 Å². The highest BCUT2D eigenvalue weighted by Gasteiger charge is 2.32. The Bertz CT molecular complexity index is 316. The fraction of sp³-hybridized carbons (Fsp3) is 0.500. The molecule has 2 rings (SSSR count). The van der Waals surface area contributed by atoms with Gasteiger partial charge in [-0.25, -0.2) is 0 Å². The van der Waals surface area contributed by atoms with Crippen LogP contribution in [0.15, 0.2) is 24.3 Å². The van der Waals surface area contributed by atoms with Crippen molar-refractivity contribution >= 4 is 0 Å². The Morgan fingerprint density at radius 3 is 2.50 bits per heavy atom. The summed E-state index contributed by atoms with van der Waals surface area (Å²) >= 11 is 0. The predicted octanol–water partition coefficient (Wildman–Crippen LogP) is 1.91. The van der Waals surface area contributed by atoms with Gasteiger partial charge in [-0.3, -0.25) is 0 Å². The van der Waals surface area contributed by atoms with E-state index >= 15 is 0 Å². The van der Waals surface area contributed by atoms with Crippen LogP contribution in [0.2, 0.25) is 0 Å². The van der Waals surface area contributed by atoms with Crippen molar-refractivity contribution in [1.82, 2.24) is 0 Å². The molecular formula is C12H17NO. The first-order valence-electron chi connectivity index (χ1n) is 5.24. The van der Waals surface area contributed by atoms with Gasteiger partial charge in [-0.05, 0) is 24.0 Å². The summed E-state index contributed by atoms with van der Waals surface area (Å²) < 4.78 is 0. The van der Waals surface area contributed by atoms with Gasteiger partial charge in [-0.2, -0.15) is 0 Å². The van der Waals surface area contributed by atoms with Crippen molar-refractivity contribution in [2.24, 2.45) is 5.73 Å². The first-order valence-corrected chi connectivity index (χ1v) is 5.24. The van der Waals surface area contributed by atoms with Crippen LogP contribution in [0.3, 0.4) is 0 Å². The Labute approximate surface area is 84.7 Å². The van der Waals surface area contributed by atoms with Crippen molar-refractivity contribution < 1.29 is 5.11 Å².